The number of ether oxygens (including phenoxy) is 1. The van der Waals surface area contributed by atoms with E-state index in [-0.39, 0.29) is 76.3 Å². The summed E-state index contributed by atoms with van der Waals surface area (Å²) in [5.74, 6) is -0.884. The molecule has 33 heteroatoms. The third kappa shape index (κ3) is 44.5. The first-order chi connectivity index (χ1) is 46.6. The maximum Gasteiger partial charge on any atom is 0.280 e. The van der Waals surface area contributed by atoms with Crippen molar-refractivity contribution < 1.29 is 28.7 Å². The third-order valence-electron chi connectivity index (χ3n) is 16.0. The molecule has 0 aliphatic rings. The van der Waals surface area contributed by atoms with Crippen LogP contribution >= 0.6 is 11.6 Å². The number of nitrogens with one attached hydrogen (secondary N) is 7. The van der Waals surface area contributed by atoms with Crippen LogP contribution in [0.25, 0.3) is 0 Å². The molecule has 2 rings (SSSR count). The van der Waals surface area contributed by atoms with Crippen LogP contribution in [0.15, 0.2) is 39.2 Å². The van der Waals surface area contributed by atoms with E-state index < -0.39 is 30.1 Å². The Balaban J connectivity index is 1.74. The number of guanidine groups is 3. The third-order valence-corrected chi connectivity index (χ3v) is 16.3. The van der Waals surface area contributed by atoms with Gasteiger partial charge in [-0.3, -0.25) is 49.2 Å². The number of nitrogen functional groups attached to an aromatic ring is 2. The molecule has 1 aromatic carbocycles. The molecule has 0 spiro atoms. The van der Waals surface area contributed by atoms with Gasteiger partial charge in [-0.25, -0.2) is 9.97 Å². The number of anilines is 2. The molecular weight excluding hydrogens is 1260 g/mol. The van der Waals surface area contributed by atoms with Gasteiger partial charge in [0.1, 0.15) is 12.4 Å². The van der Waals surface area contributed by atoms with Crippen LogP contribution in [0.2, 0.25) is 5.15 Å². The molecule has 33 N–H and O–H groups in total. The van der Waals surface area contributed by atoms with Crippen LogP contribution in [0.5, 0.6) is 5.75 Å². The molecule has 552 valence electrons. The van der Waals surface area contributed by atoms with Gasteiger partial charge in [0.25, 0.3) is 5.91 Å². The lowest BCUT2D eigenvalue weighted by Gasteiger charge is -2.23. The number of aliphatic imine (C=N–C) groups is 3. The Hall–Kier alpha value is -7.01. The summed E-state index contributed by atoms with van der Waals surface area (Å²) < 4.78 is 6.17. The van der Waals surface area contributed by atoms with E-state index in [4.69, 9.17) is 90.9 Å². The molecule has 1 heterocycles. The van der Waals surface area contributed by atoms with Gasteiger partial charge in [-0.2, -0.15) is 0 Å². The molecule has 0 unspecified atom stereocenters. The van der Waals surface area contributed by atoms with Crippen molar-refractivity contribution in [1.29, 1.82) is 0 Å². The number of hydrogen-bond acceptors (Lipinski definition) is 22. The number of amides is 5. The van der Waals surface area contributed by atoms with E-state index in [9.17, 15) is 24.0 Å². The van der Waals surface area contributed by atoms with E-state index >= 15 is 0 Å². The Labute approximate surface area is 580 Å². The molecule has 32 nitrogen and oxygen atoms in total. The molecule has 0 bridgehead atoms. The Kier molecular flexibility index (Phi) is 47.9. The summed E-state index contributed by atoms with van der Waals surface area (Å²) in [5, 5.41) is 20.8. The number of nitrogens with two attached hydrogens (primary N) is 13. The number of unbranched alkanes of at least 4 members (excludes halogenated alkanes) is 11. The van der Waals surface area contributed by atoms with Crippen molar-refractivity contribution in [3.63, 3.8) is 0 Å². The maximum absolute atomic E-state index is 13.0. The zero-order valence-corrected chi connectivity index (χ0v) is 58.3. The quantitative estimate of drug-likeness (QED) is 0.0171. The molecule has 97 heavy (non-hydrogen) atoms. The number of carbonyl (C=O) groups is 5. The molecule has 0 radical (unpaired) electrons. The summed E-state index contributed by atoms with van der Waals surface area (Å²) in [6.45, 7) is 7.37. The van der Waals surface area contributed by atoms with Gasteiger partial charge in [0.2, 0.25) is 23.6 Å². The second kappa shape index (κ2) is 54.0. The highest BCUT2D eigenvalue weighted by Crippen LogP contribution is 2.18. The molecule has 0 saturated heterocycles. The Morgan fingerprint density at radius 2 is 0.845 bits per heavy atom. The lowest BCUT2D eigenvalue weighted by molar-refractivity contribution is -0.123. The molecule has 0 aliphatic heterocycles. The number of rotatable bonds is 58. The van der Waals surface area contributed by atoms with Crippen LogP contribution in [-0.2, 0) is 25.6 Å². The monoisotopic (exact) mass is 1390 g/mol. The largest absolute Gasteiger partial charge is 0.492 e. The molecule has 0 aliphatic carbocycles. The van der Waals surface area contributed by atoms with Crippen molar-refractivity contribution >= 4 is 70.7 Å². The number of hydrogen-bond donors (Lipinski definition) is 20. The highest BCUT2D eigenvalue weighted by Gasteiger charge is 2.19. The highest BCUT2D eigenvalue weighted by molar-refractivity contribution is 6.31. The molecule has 0 saturated carbocycles. The summed E-state index contributed by atoms with van der Waals surface area (Å²) in [7, 11) is 0. The zero-order chi connectivity index (χ0) is 71.4. The smallest absolute Gasteiger partial charge is 0.280 e. The molecule has 5 amide bonds. The standard InChI is InChI=1S/C64H123ClN26O6/c65-54-56(73)89-55(72)53(88-54)61(96)90-64(78)87-38-16-9-21-45-28-30-46(31-29-45)97-44-43-91(41-19-39-83-59(94)49(68)24-7-3-14-34-81-57(92)47(66)22-5-1-12-32-79-51(70)26-10-17-36-85-62(74)75)42-20-40-84-60(95)50(69)25-8-4-15-35-82-58(93)48(67)23-6-2-13-33-80-52(71)27-11-18-37-86-63(76)77/h28-31,47-52,79-80H,1-27,32-44,66-71H2,(H,81,92)(H,82,93)(H,83,94)(H,84,95)(H4,72,73,89)(H4,74,75,85)(H4,76,77,86)(H3,78,87,90,96)/t47-,48-,49-,50-,51+,52+/m0/s1. The number of nitrogens with zero attached hydrogens (tertiary/aromatic N) is 6. The molecule has 1 aromatic heterocycles. The van der Waals surface area contributed by atoms with Crippen LogP contribution < -0.4 is 116 Å². The second-order valence-corrected chi connectivity index (χ2v) is 24.9. The van der Waals surface area contributed by atoms with Crippen LogP contribution in [-0.4, -0.2) is 184 Å². The zero-order valence-electron chi connectivity index (χ0n) is 57.6. The van der Waals surface area contributed by atoms with Crippen molar-refractivity contribution in [1.82, 2.24) is 52.1 Å². The van der Waals surface area contributed by atoms with E-state index in [1.807, 2.05) is 24.3 Å². The van der Waals surface area contributed by atoms with E-state index in [0.717, 1.165) is 153 Å². The minimum absolute atomic E-state index is 0.0806. The Morgan fingerprint density at radius 1 is 0.454 bits per heavy atom. The summed E-state index contributed by atoms with van der Waals surface area (Å²) in [6, 6.07) is 5.46. The molecule has 0 fully saturated rings. The summed E-state index contributed by atoms with van der Waals surface area (Å²) in [5.41, 5.74) is 76.8. The first-order valence-corrected chi connectivity index (χ1v) is 35.3. The van der Waals surface area contributed by atoms with Crippen molar-refractivity contribution in [2.24, 2.45) is 78.0 Å². The van der Waals surface area contributed by atoms with Gasteiger partial charge in [-0.15, -0.1) is 0 Å². The van der Waals surface area contributed by atoms with Crippen molar-refractivity contribution in [3.05, 3.63) is 40.7 Å². The average molecular weight is 1390 g/mol. The van der Waals surface area contributed by atoms with Crippen LogP contribution in [0.1, 0.15) is 183 Å². The van der Waals surface area contributed by atoms with Gasteiger partial charge in [-0.05, 0) is 166 Å². The van der Waals surface area contributed by atoms with Gasteiger partial charge in [-0.1, -0.05) is 75.1 Å². The predicted molar refractivity (Wildman–Crippen MR) is 389 cm³/mol. The van der Waals surface area contributed by atoms with Gasteiger partial charge in [0, 0.05) is 52.4 Å². The Bertz CT molecular complexity index is 2480. The number of carbonyl (C=O) groups excluding carboxylic acids is 5. The normalized spacial score (nSPS) is 13.4. The predicted octanol–water partition coefficient (Wildman–Crippen LogP) is -0.525. The maximum atomic E-state index is 13.0. The number of aryl methyl sites for hydroxylation is 1. The van der Waals surface area contributed by atoms with Crippen LogP contribution in [0.3, 0.4) is 0 Å². The summed E-state index contributed by atoms with van der Waals surface area (Å²) in [4.78, 5) is 85.8. The topological polar surface area (TPSA) is 583 Å². The van der Waals surface area contributed by atoms with Crippen molar-refractivity contribution in [2.45, 2.75) is 210 Å². The van der Waals surface area contributed by atoms with E-state index in [1.165, 1.54) is 0 Å². The van der Waals surface area contributed by atoms with E-state index in [0.29, 0.717) is 117 Å². The SMILES string of the molecule is NC(N)=NCCCC[C@H](N)NCCCCC[C@H](N)C(=O)NCCCCC[C@H](N)C(=O)NCCCN(CCCNC(=O)[C@@H](N)CCCCCNC(=O)[C@@H](N)CCCCCN[C@@H](N)CCCCN=C(N)N)CCOc1ccc(CCCCN=C(N)NC(=O)c2nc(Cl)c(N)nc2N)cc1. The fourth-order valence-electron chi connectivity index (χ4n) is 10.2. The fraction of sp³-hybridized carbons (Fsp3) is 0.719. The van der Waals surface area contributed by atoms with Gasteiger partial charge >= 0.3 is 0 Å². The first kappa shape index (κ1) is 86.1. The number of halogens is 1. The van der Waals surface area contributed by atoms with Gasteiger partial charge < -0.3 is 111 Å². The van der Waals surface area contributed by atoms with Gasteiger partial charge in [0.15, 0.2) is 40.4 Å². The van der Waals surface area contributed by atoms with Crippen LogP contribution in [0.4, 0.5) is 11.6 Å². The summed E-state index contributed by atoms with van der Waals surface area (Å²) in [6.07, 6.45) is 21.1. The van der Waals surface area contributed by atoms with E-state index in [2.05, 4.69) is 67.1 Å². The van der Waals surface area contributed by atoms with E-state index in [1.54, 1.807) is 0 Å². The minimum atomic E-state index is -0.703. The van der Waals surface area contributed by atoms with Crippen molar-refractivity contribution in [3.8, 4) is 5.75 Å². The average Bonchev–Trinajstić information content (AvgIpc) is 0.853. The first-order valence-electron chi connectivity index (χ1n) is 34.9. The molecule has 6 atom stereocenters. The molecule has 2 aromatic rings. The van der Waals surface area contributed by atoms with Crippen molar-refractivity contribution in [2.75, 3.05) is 96.6 Å². The Morgan fingerprint density at radius 3 is 1.28 bits per heavy atom. The number of benzene rings is 1. The number of aromatic nitrogens is 2. The fourth-order valence-corrected chi connectivity index (χ4v) is 10.3. The second-order valence-electron chi connectivity index (χ2n) is 24.6. The minimum Gasteiger partial charge on any atom is -0.492 e. The lowest BCUT2D eigenvalue weighted by atomic mass is 10.1. The highest BCUT2D eigenvalue weighted by atomic mass is 35.5. The lowest BCUT2D eigenvalue weighted by Crippen LogP contribution is -2.42. The van der Waals surface area contributed by atoms with Crippen LogP contribution in [0, 0.1) is 0 Å². The summed E-state index contributed by atoms with van der Waals surface area (Å²) >= 11 is 5.89. The molecular formula is C64H123ClN26O6. The van der Waals surface area contributed by atoms with Gasteiger partial charge in [0.05, 0.1) is 36.5 Å².